The molecule has 0 spiro atoms. The lowest BCUT2D eigenvalue weighted by Crippen LogP contribution is -2.35. The molecular formula is C25H30N2O3. The first-order valence-corrected chi connectivity index (χ1v) is 10.7. The zero-order valence-electron chi connectivity index (χ0n) is 18.1. The van der Waals surface area contributed by atoms with Crippen molar-refractivity contribution in [1.29, 1.82) is 0 Å². The molecule has 0 N–H and O–H groups in total. The molecule has 0 saturated carbocycles. The Labute approximate surface area is 178 Å². The van der Waals surface area contributed by atoms with E-state index in [0.717, 1.165) is 29.7 Å². The normalized spacial score (nSPS) is 13.9. The summed E-state index contributed by atoms with van der Waals surface area (Å²) in [5.41, 5.74) is 2.83. The fraction of sp³-hybridized carbons (Fsp3) is 0.360. The standard InChI is InChI=1S/C25H30N2O3/c1-4-7-17-27-24(28)22(20-13-15-21(16-14-20)30-6-3)23(25(27)29)26(5-2)18-19-11-9-8-10-12-19/h8-16H,4-7,17-18H2,1-3H3. The fourth-order valence-corrected chi connectivity index (χ4v) is 3.67. The maximum atomic E-state index is 13.3. The van der Waals surface area contributed by atoms with E-state index in [0.29, 0.717) is 37.5 Å². The summed E-state index contributed by atoms with van der Waals surface area (Å²) in [6.45, 7) is 8.23. The van der Waals surface area contributed by atoms with Gasteiger partial charge in [-0.2, -0.15) is 0 Å². The summed E-state index contributed by atoms with van der Waals surface area (Å²) >= 11 is 0. The van der Waals surface area contributed by atoms with Crippen LogP contribution in [0.15, 0.2) is 60.3 Å². The number of rotatable bonds is 10. The molecule has 0 radical (unpaired) electrons. The smallest absolute Gasteiger partial charge is 0.277 e. The van der Waals surface area contributed by atoms with E-state index in [2.05, 4.69) is 6.92 Å². The summed E-state index contributed by atoms with van der Waals surface area (Å²) in [5.74, 6) is 0.342. The molecule has 5 nitrogen and oxygen atoms in total. The number of hydrogen-bond acceptors (Lipinski definition) is 4. The lowest BCUT2D eigenvalue weighted by Gasteiger charge is -2.25. The van der Waals surface area contributed by atoms with E-state index in [1.807, 2.05) is 73.3 Å². The SMILES string of the molecule is CCCCN1C(=O)C(c2ccc(OCC)cc2)=C(N(CC)Cc2ccccc2)C1=O. The number of likely N-dealkylation sites (N-methyl/N-ethyl adjacent to an activating group) is 1. The molecule has 1 aliphatic rings. The molecule has 3 rings (SSSR count). The Kier molecular flexibility index (Phi) is 7.28. The van der Waals surface area contributed by atoms with Crippen LogP contribution in [-0.2, 0) is 16.1 Å². The third-order valence-corrected chi connectivity index (χ3v) is 5.25. The number of amides is 2. The Morgan fingerprint density at radius 3 is 2.20 bits per heavy atom. The number of carbonyl (C=O) groups is 2. The average molecular weight is 407 g/mol. The molecule has 5 heteroatoms. The van der Waals surface area contributed by atoms with Gasteiger partial charge in [0.1, 0.15) is 11.4 Å². The molecule has 2 amide bonds. The maximum absolute atomic E-state index is 13.3. The van der Waals surface area contributed by atoms with E-state index in [-0.39, 0.29) is 11.8 Å². The van der Waals surface area contributed by atoms with E-state index in [1.54, 1.807) is 0 Å². The minimum atomic E-state index is -0.209. The molecule has 0 bridgehead atoms. The van der Waals surface area contributed by atoms with Crippen molar-refractivity contribution in [2.24, 2.45) is 0 Å². The van der Waals surface area contributed by atoms with Gasteiger partial charge in [-0.15, -0.1) is 0 Å². The van der Waals surface area contributed by atoms with E-state index in [9.17, 15) is 9.59 Å². The Morgan fingerprint density at radius 2 is 1.60 bits per heavy atom. The van der Waals surface area contributed by atoms with Crippen LogP contribution in [0.3, 0.4) is 0 Å². The Bertz CT molecular complexity index is 904. The molecular weight excluding hydrogens is 376 g/mol. The van der Waals surface area contributed by atoms with Crippen LogP contribution in [0, 0.1) is 0 Å². The number of hydrogen-bond donors (Lipinski definition) is 0. The number of ether oxygens (including phenoxy) is 1. The predicted octanol–water partition coefficient (Wildman–Crippen LogP) is 4.49. The highest BCUT2D eigenvalue weighted by Crippen LogP contribution is 2.33. The van der Waals surface area contributed by atoms with E-state index >= 15 is 0 Å². The van der Waals surface area contributed by atoms with Gasteiger partial charge < -0.3 is 9.64 Å². The first kappa shape index (κ1) is 21.6. The Hall–Kier alpha value is -3.08. The van der Waals surface area contributed by atoms with Gasteiger partial charge in [0.25, 0.3) is 11.8 Å². The highest BCUT2D eigenvalue weighted by molar-refractivity contribution is 6.35. The summed E-state index contributed by atoms with van der Waals surface area (Å²) in [4.78, 5) is 30.1. The molecule has 0 aromatic heterocycles. The van der Waals surface area contributed by atoms with E-state index in [1.165, 1.54) is 4.90 Å². The van der Waals surface area contributed by atoms with Gasteiger partial charge in [0.05, 0.1) is 12.2 Å². The van der Waals surface area contributed by atoms with E-state index in [4.69, 9.17) is 4.74 Å². The van der Waals surface area contributed by atoms with Gasteiger partial charge in [-0.1, -0.05) is 55.8 Å². The number of unbranched alkanes of at least 4 members (excludes halogenated alkanes) is 1. The van der Waals surface area contributed by atoms with Crippen molar-refractivity contribution in [2.45, 2.75) is 40.2 Å². The molecule has 0 unspecified atom stereocenters. The fourth-order valence-electron chi connectivity index (χ4n) is 3.67. The molecule has 1 heterocycles. The van der Waals surface area contributed by atoms with Crippen LogP contribution < -0.4 is 4.74 Å². The second-order valence-electron chi connectivity index (χ2n) is 7.30. The van der Waals surface area contributed by atoms with Crippen molar-refractivity contribution in [3.8, 4) is 5.75 Å². The number of nitrogens with zero attached hydrogens (tertiary/aromatic N) is 2. The van der Waals surface area contributed by atoms with Crippen LogP contribution in [0.2, 0.25) is 0 Å². The third-order valence-electron chi connectivity index (χ3n) is 5.25. The highest BCUT2D eigenvalue weighted by Gasteiger charge is 2.40. The van der Waals surface area contributed by atoms with Crippen LogP contribution in [0.1, 0.15) is 44.7 Å². The minimum Gasteiger partial charge on any atom is -0.494 e. The van der Waals surface area contributed by atoms with Crippen molar-refractivity contribution >= 4 is 17.4 Å². The summed E-state index contributed by atoms with van der Waals surface area (Å²) in [7, 11) is 0. The molecule has 0 saturated heterocycles. The van der Waals surface area contributed by atoms with Crippen molar-refractivity contribution in [3.63, 3.8) is 0 Å². The number of imide groups is 1. The van der Waals surface area contributed by atoms with Crippen molar-refractivity contribution in [2.75, 3.05) is 19.7 Å². The van der Waals surface area contributed by atoms with E-state index < -0.39 is 0 Å². The second kappa shape index (κ2) is 10.1. The Morgan fingerprint density at radius 1 is 0.900 bits per heavy atom. The lowest BCUT2D eigenvalue weighted by molar-refractivity contribution is -0.137. The molecule has 30 heavy (non-hydrogen) atoms. The first-order valence-electron chi connectivity index (χ1n) is 10.7. The highest BCUT2D eigenvalue weighted by atomic mass is 16.5. The largest absolute Gasteiger partial charge is 0.494 e. The van der Waals surface area contributed by atoms with Gasteiger partial charge >= 0.3 is 0 Å². The zero-order valence-corrected chi connectivity index (χ0v) is 18.1. The zero-order chi connectivity index (χ0) is 21.5. The van der Waals surface area contributed by atoms with Gasteiger partial charge in [0, 0.05) is 19.6 Å². The monoisotopic (exact) mass is 406 g/mol. The first-order chi connectivity index (χ1) is 14.6. The molecule has 2 aromatic rings. The van der Waals surface area contributed by atoms with Gasteiger partial charge in [0.2, 0.25) is 0 Å². The number of carbonyl (C=O) groups excluding carboxylic acids is 2. The van der Waals surface area contributed by atoms with Crippen LogP contribution in [0.5, 0.6) is 5.75 Å². The minimum absolute atomic E-state index is 0.199. The van der Waals surface area contributed by atoms with Crippen molar-refractivity contribution < 1.29 is 14.3 Å². The van der Waals surface area contributed by atoms with Gasteiger partial charge in [-0.05, 0) is 43.5 Å². The Balaban J connectivity index is 2.02. The molecule has 2 aromatic carbocycles. The molecule has 158 valence electrons. The summed E-state index contributed by atoms with van der Waals surface area (Å²) < 4.78 is 5.53. The van der Waals surface area contributed by atoms with Crippen LogP contribution in [0.25, 0.3) is 5.57 Å². The predicted molar refractivity (Wildman–Crippen MR) is 119 cm³/mol. The van der Waals surface area contributed by atoms with Gasteiger partial charge in [-0.3, -0.25) is 14.5 Å². The maximum Gasteiger partial charge on any atom is 0.277 e. The van der Waals surface area contributed by atoms with Crippen LogP contribution >= 0.6 is 0 Å². The summed E-state index contributed by atoms with van der Waals surface area (Å²) in [6.07, 6.45) is 1.72. The number of benzene rings is 2. The van der Waals surface area contributed by atoms with Gasteiger partial charge in [-0.25, -0.2) is 0 Å². The molecule has 0 fully saturated rings. The third kappa shape index (κ3) is 4.56. The molecule has 1 aliphatic heterocycles. The van der Waals surface area contributed by atoms with Crippen molar-refractivity contribution in [3.05, 3.63) is 71.4 Å². The van der Waals surface area contributed by atoms with Crippen molar-refractivity contribution in [1.82, 2.24) is 9.80 Å². The second-order valence-corrected chi connectivity index (χ2v) is 7.30. The molecule has 0 atom stereocenters. The summed E-state index contributed by atoms with van der Waals surface area (Å²) in [6, 6.07) is 17.5. The topological polar surface area (TPSA) is 49.9 Å². The van der Waals surface area contributed by atoms with Crippen LogP contribution in [-0.4, -0.2) is 41.3 Å². The summed E-state index contributed by atoms with van der Waals surface area (Å²) in [5, 5.41) is 0. The van der Waals surface area contributed by atoms with Crippen LogP contribution in [0.4, 0.5) is 0 Å². The average Bonchev–Trinajstić information content (AvgIpc) is 3.01. The molecule has 0 aliphatic carbocycles. The lowest BCUT2D eigenvalue weighted by atomic mass is 10.0. The van der Waals surface area contributed by atoms with Gasteiger partial charge in [0.15, 0.2) is 0 Å². The quantitative estimate of drug-likeness (QED) is 0.546.